The van der Waals surface area contributed by atoms with Crippen molar-refractivity contribution in [2.75, 3.05) is 12.4 Å². The largest absolute Gasteiger partial charge is 0.497 e. The van der Waals surface area contributed by atoms with Gasteiger partial charge in [0.2, 0.25) is 0 Å². The van der Waals surface area contributed by atoms with Crippen molar-refractivity contribution < 1.29 is 18.3 Å². The molecule has 0 radical (unpaired) electrons. The number of nitrogens with one attached hydrogen (secondary N) is 2. The molecule has 146 valence electrons. The van der Waals surface area contributed by atoms with Gasteiger partial charge in [0.25, 0.3) is 5.91 Å². The van der Waals surface area contributed by atoms with Crippen LogP contribution in [0.1, 0.15) is 29.9 Å². The van der Waals surface area contributed by atoms with Crippen molar-refractivity contribution in [3.8, 4) is 17.0 Å². The van der Waals surface area contributed by atoms with E-state index in [2.05, 4.69) is 15.5 Å². The topological polar surface area (TPSA) is 67.0 Å². The fraction of sp³-hybridized carbons (Fsp3) is 0.238. The molecule has 1 heterocycles. The molecule has 0 saturated carbocycles. The highest BCUT2D eigenvalue weighted by Gasteiger charge is 2.22. The van der Waals surface area contributed by atoms with E-state index in [0.29, 0.717) is 29.2 Å². The lowest BCUT2D eigenvalue weighted by Crippen LogP contribution is -2.17. The van der Waals surface area contributed by atoms with Crippen LogP contribution in [0.4, 0.5) is 14.5 Å². The number of methoxy groups -OCH3 is 1. The molecule has 2 aromatic carbocycles. The highest BCUT2D eigenvalue weighted by atomic mass is 19.1. The van der Waals surface area contributed by atoms with Gasteiger partial charge in [-0.2, -0.15) is 5.10 Å². The van der Waals surface area contributed by atoms with Gasteiger partial charge in [0.05, 0.1) is 18.5 Å². The van der Waals surface area contributed by atoms with E-state index in [9.17, 15) is 13.6 Å². The van der Waals surface area contributed by atoms with E-state index in [1.54, 1.807) is 31.4 Å². The molecule has 0 aliphatic heterocycles. The molecule has 0 bridgehead atoms. The SMILES string of the molecule is COc1ccc(-c2n[nH]c(CC(C)C)c2NC(=O)c2c(F)cccc2F)cc1. The average Bonchev–Trinajstić information content (AvgIpc) is 3.03. The van der Waals surface area contributed by atoms with E-state index in [1.807, 2.05) is 13.8 Å². The van der Waals surface area contributed by atoms with Gasteiger partial charge in [-0.05, 0) is 48.7 Å². The molecule has 0 spiro atoms. The zero-order valence-electron chi connectivity index (χ0n) is 15.8. The van der Waals surface area contributed by atoms with Gasteiger partial charge < -0.3 is 10.1 Å². The average molecular weight is 385 g/mol. The molecular formula is C21H21F2N3O2. The van der Waals surface area contributed by atoms with Gasteiger partial charge in [-0.1, -0.05) is 19.9 Å². The number of hydrogen-bond donors (Lipinski definition) is 2. The molecule has 3 aromatic rings. The fourth-order valence-corrected chi connectivity index (χ4v) is 2.92. The predicted molar refractivity (Wildman–Crippen MR) is 103 cm³/mol. The summed E-state index contributed by atoms with van der Waals surface area (Å²) < 4.78 is 33.2. The Balaban J connectivity index is 2.01. The van der Waals surface area contributed by atoms with Gasteiger partial charge in [0.15, 0.2) is 0 Å². The molecule has 0 unspecified atom stereocenters. The van der Waals surface area contributed by atoms with Crippen LogP contribution >= 0.6 is 0 Å². The molecule has 1 aromatic heterocycles. The second kappa shape index (κ2) is 8.21. The van der Waals surface area contributed by atoms with Crippen molar-refractivity contribution >= 4 is 11.6 Å². The lowest BCUT2D eigenvalue weighted by Gasteiger charge is -2.11. The van der Waals surface area contributed by atoms with Crippen LogP contribution < -0.4 is 10.1 Å². The Bertz CT molecular complexity index is 962. The van der Waals surface area contributed by atoms with Gasteiger partial charge in [-0.25, -0.2) is 8.78 Å². The number of ether oxygens (including phenoxy) is 1. The Morgan fingerprint density at radius 2 is 1.79 bits per heavy atom. The van der Waals surface area contributed by atoms with Crippen LogP contribution in [0.3, 0.4) is 0 Å². The Labute approximate surface area is 161 Å². The number of nitrogens with zero attached hydrogens (tertiary/aromatic N) is 1. The van der Waals surface area contributed by atoms with Crippen LogP contribution in [0.15, 0.2) is 42.5 Å². The number of H-pyrrole nitrogens is 1. The fourth-order valence-electron chi connectivity index (χ4n) is 2.92. The molecule has 5 nitrogen and oxygen atoms in total. The summed E-state index contributed by atoms with van der Waals surface area (Å²) in [5, 5.41) is 9.90. The lowest BCUT2D eigenvalue weighted by molar-refractivity contribution is 0.101. The maximum atomic E-state index is 14.0. The molecule has 1 amide bonds. The first-order valence-corrected chi connectivity index (χ1v) is 8.87. The van der Waals surface area contributed by atoms with E-state index < -0.39 is 23.1 Å². The van der Waals surface area contributed by atoms with Crippen molar-refractivity contribution in [2.45, 2.75) is 20.3 Å². The van der Waals surface area contributed by atoms with Crippen LogP contribution in [0.2, 0.25) is 0 Å². The number of benzene rings is 2. The monoisotopic (exact) mass is 385 g/mol. The number of amides is 1. The third-order valence-corrected chi connectivity index (χ3v) is 4.25. The number of carbonyl (C=O) groups is 1. The van der Waals surface area contributed by atoms with Crippen molar-refractivity contribution in [3.05, 3.63) is 65.4 Å². The first-order valence-electron chi connectivity index (χ1n) is 8.87. The second-order valence-corrected chi connectivity index (χ2v) is 6.80. The van der Waals surface area contributed by atoms with Gasteiger partial charge in [0, 0.05) is 5.56 Å². The van der Waals surface area contributed by atoms with Crippen LogP contribution in [-0.4, -0.2) is 23.2 Å². The molecule has 0 fully saturated rings. The van der Waals surface area contributed by atoms with Crippen molar-refractivity contribution in [3.63, 3.8) is 0 Å². The van der Waals surface area contributed by atoms with Gasteiger partial charge in [0.1, 0.15) is 28.6 Å². The zero-order chi connectivity index (χ0) is 20.3. The number of hydrogen-bond acceptors (Lipinski definition) is 3. The lowest BCUT2D eigenvalue weighted by atomic mass is 10.0. The zero-order valence-corrected chi connectivity index (χ0v) is 15.8. The van der Waals surface area contributed by atoms with Crippen LogP contribution in [-0.2, 0) is 6.42 Å². The Morgan fingerprint density at radius 1 is 1.14 bits per heavy atom. The predicted octanol–water partition coefficient (Wildman–Crippen LogP) is 4.81. The molecule has 3 rings (SSSR count). The summed E-state index contributed by atoms with van der Waals surface area (Å²) in [6, 6.07) is 10.5. The molecule has 2 N–H and O–H groups in total. The summed E-state index contributed by atoms with van der Waals surface area (Å²) in [4.78, 5) is 12.6. The van der Waals surface area contributed by atoms with E-state index >= 15 is 0 Å². The minimum absolute atomic E-state index is 0.282. The number of anilines is 1. The van der Waals surface area contributed by atoms with Crippen molar-refractivity contribution in [2.24, 2.45) is 5.92 Å². The number of rotatable bonds is 6. The molecule has 0 aliphatic carbocycles. The number of halogens is 2. The third kappa shape index (κ3) is 4.03. The van der Waals surface area contributed by atoms with Crippen LogP contribution in [0.5, 0.6) is 5.75 Å². The third-order valence-electron chi connectivity index (χ3n) is 4.25. The second-order valence-electron chi connectivity index (χ2n) is 6.80. The summed E-state index contributed by atoms with van der Waals surface area (Å²) in [5.41, 5.74) is 1.69. The van der Waals surface area contributed by atoms with Crippen LogP contribution in [0, 0.1) is 17.6 Å². The standard InChI is InChI=1S/C21H21F2N3O2/c1-12(2)11-17-20(24-21(27)18-15(22)5-4-6-16(18)23)19(26-25-17)13-7-9-14(28-3)10-8-13/h4-10,12H,11H2,1-3H3,(H,24,27)(H,25,26). The summed E-state index contributed by atoms with van der Waals surface area (Å²) >= 11 is 0. The maximum Gasteiger partial charge on any atom is 0.261 e. The van der Waals surface area contributed by atoms with Crippen LogP contribution in [0.25, 0.3) is 11.3 Å². The molecule has 0 aliphatic rings. The van der Waals surface area contributed by atoms with E-state index in [0.717, 1.165) is 17.7 Å². The molecule has 7 heteroatoms. The van der Waals surface area contributed by atoms with E-state index in [4.69, 9.17) is 4.74 Å². The van der Waals surface area contributed by atoms with E-state index in [-0.39, 0.29) is 5.92 Å². The van der Waals surface area contributed by atoms with Crippen molar-refractivity contribution in [1.29, 1.82) is 0 Å². The van der Waals surface area contributed by atoms with Gasteiger partial charge in [-0.3, -0.25) is 9.89 Å². The Morgan fingerprint density at radius 3 is 2.36 bits per heavy atom. The summed E-state index contributed by atoms with van der Waals surface area (Å²) in [6.07, 6.45) is 0.610. The normalized spacial score (nSPS) is 10.9. The number of aromatic nitrogens is 2. The quantitative estimate of drug-likeness (QED) is 0.640. The minimum Gasteiger partial charge on any atom is -0.497 e. The number of aromatic amines is 1. The first kappa shape index (κ1) is 19.5. The van der Waals surface area contributed by atoms with Gasteiger partial charge in [-0.15, -0.1) is 0 Å². The highest BCUT2D eigenvalue weighted by molar-refractivity contribution is 6.06. The Hall–Kier alpha value is -3.22. The molecule has 28 heavy (non-hydrogen) atoms. The first-order chi connectivity index (χ1) is 13.4. The van der Waals surface area contributed by atoms with E-state index in [1.165, 1.54) is 6.07 Å². The maximum absolute atomic E-state index is 14.0. The summed E-state index contributed by atoms with van der Waals surface area (Å²) in [5.74, 6) is -1.74. The smallest absolute Gasteiger partial charge is 0.261 e. The van der Waals surface area contributed by atoms with Crippen molar-refractivity contribution in [1.82, 2.24) is 10.2 Å². The number of carbonyl (C=O) groups excluding carboxylic acids is 1. The molecule has 0 saturated heterocycles. The minimum atomic E-state index is -0.919. The summed E-state index contributed by atoms with van der Waals surface area (Å²) in [6.45, 7) is 4.05. The Kier molecular flexibility index (Phi) is 5.73. The van der Waals surface area contributed by atoms with Gasteiger partial charge >= 0.3 is 0 Å². The summed E-state index contributed by atoms with van der Waals surface area (Å²) in [7, 11) is 1.57. The molecular weight excluding hydrogens is 364 g/mol. The highest BCUT2D eigenvalue weighted by Crippen LogP contribution is 2.32. The molecule has 0 atom stereocenters.